The third-order valence-electron chi connectivity index (χ3n) is 3.45. The molecule has 3 heteroatoms. The van der Waals surface area contributed by atoms with Crippen molar-refractivity contribution in [3.05, 3.63) is 0 Å². The van der Waals surface area contributed by atoms with Gasteiger partial charge in [-0.25, -0.2) is 0 Å². The van der Waals surface area contributed by atoms with Crippen LogP contribution in [0.1, 0.15) is 39.0 Å². The normalized spacial score (nSPS) is 37.4. The highest BCUT2D eigenvalue weighted by molar-refractivity contribution is 5.66. The maximum absolute atomic E-state index is 10.9. The molecule has 3 atom stereocenters. The molecule has 0 amide bonds. The van der Waals surface area contributed by atoms with Gasteiger partial charge in [0.25, 0.3) is 0 Å². The van der Waals surface area contributed by atoms with E-state index < -0.39 is 0 Å². The van der Waals surface area contributed by atoms with Crippen molar-refractivity contribution >= 4 is 5.97 Å². The van der Waals surface area contributed by atoms with Gasteiger partial charge < -0.3 is 10.1 Å². The lowest BCUT2D eigenvalue weighted by Crippen LogP contribution is -2.51. The summed E-state index contributed by atoms with van der Waals surface area (Å²) in [4.78, 5) is 10.9. The number of hydrogen-bond acceptors (Lipinski definition) is 3. The second kappa shape index (κ2) is 4.30. The zero-order chi connectivity index (χ0) is 9.97. The van der Waals surface area contributed by atoms with E-state index >= 15 is 0 Å². The first kappa shape index (κ1) is 9.97. The van der Waals surface area contributed by atoms with E-state index in [1.165, 1.54) is 32.6 Å². The van der Waals surface area contributed by atoms with Gasteiger partial charge in [-0.05, 0) is 25.8 Å². The van der Waals surface area contributed by atoms with Gasteiger partial charge in [0.2, 0.25) is 0 Å². The summed E-state index contributed by atoms with van der Waals surface area (Å²) in [6.07, 6.45) is 6.25. The third-order valence-corrected chi connectivity index (χ3v) is 3.45. The van der Waals surface area contributed by atoms with Crippen LogP contribution in [0.5, 0.6) is 0 Å². The molecule has 0 bridgehead atoms. The van der Waals surface area contributed by atoms with Gasteiger partial charge in [-0.15, -0.1) is 0 Å². The summed E-state index contributed by atoms with van der Waals surface area (Å²) in [6.45, 7) is 2.51. The Labute approximate surface area is 85.2 Å². The maximum Gasteiger partial charge on any atom is 0.302 e. The van der Waals surface area contributed by atoms with E-state index in [4.69, 9.17) is 4.74 Å². The lowest BCUT2D eigenvalue weighted by atomic mass is 9.78. The summed E-state index contributed by atoms with van der Waals surface area (Å²) in [7, 11) is 0. The van der Waals surface area contributed by atoms with Crippen LogP contribution in [-0.4, -0.2) is 24.7 Å². The molecule has 1 saturated carbocycles. The van der Waals surface area contributed by atoms with E-state index in [0.717, 1.165) is 13.0 Å². The number of ether oxygens (including phenoxy) is 1. The number of rotatable bonds is 1. The van der Waals surface area contributed by atoms with Crippen LogP contribution in [0, 0.1) is 5.92 Å². The molecule has 0 radical (unpaired) electrons. The maximum atomic E-state index is 10.9. The standard InChI is InChI=1S/C11H19NO2/c1-8(13)14-11-6-7-12-10-5-3-2-4-9(10)11/h9-12H,2-7H2,1H3/t9-,10+,11-/m0/s1. The summed E-state index contributed by atoms with van der Waals surface area (Å²) in [5.74, 6) is 0.447. The number of carbonyl (C=O) groups is 1. The van der Waals surface area contributed by atoms with Crippen molar-refractivity contribution in [2.75, 3.05) is 6.54 Å². The Kier molecular flexibility index (Phi) is 3.06. The number of carbonyl (C=O) groups excluding carboxylic acids is 1. The average molecular weight is 197 g/mol. The Hall–Kier alpha value is -0.570. The summed E-state index contributed by atoms with van der Waals surface area (Å²) in [5.41, 5.74) is 0. The van der Waals surface area contributed by atoms with Crippen molar-refractivity contribution in [1.29, 1.82) is 0 Å². The summed E-state index contributed by atoms with van der Waals surface area (Å²) < 4.78 is 5.38. The molecule has 0 spiro atoms. The van der Waals surface area contributed by atoms with E-state index in [9.17, 15) is 4.79 Å². The highest BCUT2D eigenvalue weighted by atomic mass is 16.5. The molecule has 0 aromatic rings. The lowest BCUT2D eigenvalue weighted by Gasteiger charge is -2.41. The fourth-order valence-corrected chi connectivity index (χ4v) is 2.84. The summed E-state index contributed by atoms with van der Waals surface area (Å²) in [6, 6.07) is 0.599. The number of fused-ring (bicyclic) bond motifs is 1. The van der Waals surface area contributed by atoms with Gasteiger partial charge in [0.1, 0.15) is 6.10 Å². The van der Waals surface area contributed by atoms with Crippen LogP contribution in [0.4, 0.5) is 0 Å². The molecule has 2 rings (SSSR count). The largest absolute Gasteiger partial charge is 0.462 e. The molecule has 1 saturated heterocycles. The number of hydrogen-bond donors (Lipinski definition) is 1. The molecular weight excluding hydrogens is 178 g/mol. The van der Waals surface area contributed by atoms with E-state index in [2.05, 4.69) is 5.32 Å². The fourth-order valence-electron chi connectivity index (χ4n) is 2.84. The van der Waals surface area contributed by atoms with E-state index in [1.807, 2.05) is 0 Å². The molecule has 80 valence electrons. The number of piperidine rings is 1. The first-order valence-electron chi connectivity index (χ1n) is 5.68. The minimum Gasteiger partial charge on any atom is -0.462 e. The molecule has 1 heterocycles. The van der Waals surface area contributed by atoms with Crippen LogP contribution in [0.3, 0.4) is 0 Å². The molecule has 2 aliphatic rings. The van der Waals surface area contributed by atoms with Crippen molar-refractivity contribution < 1.29 is 9.53 Å². The lowest BCUT2D eigenvalue weighted by molar-refractivity contribution is -0.152. The van der Waals surface area contributed by atoms with Crippen LogP contribution in [-0.2, 0) is 9.53 Å². The Bertz CT molecular complexity index is 215. The monoisotopic (exact) mass is 197 g/mol. The van der Waals surface area contributed by atoms with Gasteiger partial charge in [0.05, 0.1) is 0 Å². The number of esters is 1. The predicted molar refractivity (Wildman–Crippen MR) is 53.9 cm³/mol. The van der Waals surface area contributed by atoms with Crippen LogP contribution in [0.15, 0.2) is 0 Å². The van der Waals surface area contributed by atoms with E-state index in [1.54, 1.807) is 0 Å². The van der Waals surface area contributed by atoms with Crippen LogP contribution in [0.25, 0.3) is 0 Å². The van der Waals surface area contributed by atoms with Gasteiger partial charge in [-0.3, -0.25) is 4.79 Å². The van der Waals surface area contributed by atoms with Crippen LogP contribution < -0.4 is 5.32 Å². The quantitative estimate of drug-likeness (QED) is 0.647. The molecular formula is C11H19NO2. The predicted octanol–water partition coefficient (Wildman–Crippen LogP) is 1.47. The first-order chi connectivity index (χ1) is 6.77. The van der Waals surface area contributed by atoms with Gasteiger partial charge in [-0.2, -0.15) is 0 Å². The molecule has 1 aliphatic heterocycles. The molecule has 3 nitrogen and oxygen atoms in total. The van der Waals surface area contributed by atoms with E-state index in [0.29, 0.717) is 12.0 Å². The molecule has 14 heavy (non-hydrogen) atoms. The minimum absolute atomic E-state index is 0.124. The average Bonchev–Trinajstić information content (AvgIpc) is 2.18. The molecule has 0 unspecified atom stereocenters. The highest BCUT2D eigenvalue weighted by Gasteiger charge is 2.36. The highest BCUT2D eigenvalue weighted by Crippen LogP contribution is 2.32. The molecule has 0 aromatic carbocycles. The Morgan fingerprint density at radius 1 is 1.29 bits per heavy atom. The molecule has 1 N–H and O–H groups in total. The first-order valence-corrected chi connectivity index (χ1v) is 5.68. The minimum atomic E-state index is -0.124. The molecule has 0 aromatic heterocycles. The van der Waals surface area contributed by atoms with Crippen molar-refractivity contribution in [1.82, 2.24) is 5.32 Å². The summed E-state index contributed by atoms with van der Waals surface area (Å²) >= 11 is 0. The molecule has 1 aliphatic carbocycles. The van der Waals surface area contributed by atoms with Gasteiger partial charge in [-0.1, -0.05) is 12.8 Å². The third kappa shape index (κ3) is 2.08. The Morgan fingerprint density at radius 3 is 2.86 bits per heavy atom. The van der Waals surface area contributed by atoms with Gasteiger partial charge >= 0.3 is 5.97 Å². The van der Waals surface area contributed by atoms with Crippen molar-refractivity contribution in [3.8, 4) is 0 Å². The van der Waals surface area contributed by atoms with Crippen LogP contribution >= 0.6 is 0 Å². The SMILES string of the molecule is CC(=O)O[C@H]1CCN[C@@H]2CCCC[C@H]12. The Morgan fingerprint density at radius 2 is 2.07 bits per heavy atom. The smallest absolute Gasteiger partial charge is 0.302 e. The van der Waals surface area contributed by atoms with Crippen LogP contribution in [0.2, 0.25) is 0 Å². The topological polar surface area (TPSA) is 38.3 Å². The second-order valence-electron chi connectivity index (χ2n) is 4.45. The molecule has 2 fully saturated rings. The second-order valence-corrected chi connectivity index (χ2v) is 4.45. The zero-order valence-corrected chi connectivity index (χ0v) is 8.79. The summed E-state index contributed by atoms with van der Waals surface area (Å²) in [5, 5.41) is 3.53. The fraction of sp³-hybridized carbons (Fsp3) is 0.909. The van der Waals surface area contributed by atoms with Crippen molar-refractivity contribution in [2.24, 2.45) is 5.92 Å². The Balaban J connectivity index is 1.97. The van der Waals surface area contributed by atoms with Gasteiger partial charge in [0.15, 0.2) is 0 Å². The van der Waals surface area contributed by atoms with Crippen molar-refractivity contribution in [3.63, 3.8) is 0 Å². The zero-order valence-electron chi connectivity index (χ0n) is 8.79. The van der Waals surface area contributed by atoms with Crippen molar-refractivity contribution in [2.45, 2.75) is 51.2 Å². The number of nitrogens with one attached hydrogen (secondary N) is 1. The van der Waals surface area contributed by atoms with E-state index in [-0.39, 0.29) is 12.1 Å². The van der Waals surface area contributed by atoms with Gasteiger partial charge in [0, 0.05) is 18.9 Å².